The molecule has 0 radical (unpaired) electrons. The molecule has 1 aliphatic rings. The first-order chi connectivity index (χ1) is 5.83. The van der Waals surface area contributed by atoms with Gasteiger partial charge in [0.05, 0.1) is 0 Å². The highest BCUT2D eigenvalue weighted by molar-refractivity contribution is 14.1. The zero-order valence-electron chi connectivity index (χ0n) is 7.52. The zero-order valence-corrected chi connectivity index (χ0v) is 9.68. The maximum Gasteiger partial charge on any atom is 0.133 e. The molecular formula is C10H17IO. The van der Waals surface area contributed by atoms with Crippen molar-refractivity contribution in [3.8, 4) is 0 Å². The van der Waals surface area contributed by atoms with E-state index in [0.717, 1.165) is 19.3 Å². The highest BCUT2D eigenvalue weighted by Crippen LogP contribution is 2.23. The van der Waals surface area contributed by atoms with Crippen LogP contribution in [0.2, 0.25) is 0 Å². The van der Waals surface area contributed by atoms with Crippen LogP contribution >= 0.6 is 22.6 Å². The Morgan fingerprint density at radius 2 is 2.17 bits per heavy atom. The van der Waals surface area contributed by atoms with Gasteiger partial charge in [0.2, 0.25) is 0 Å². The summed E-state index contributed by atoms with van der Waals surface area (Å²) < 4.78 is 1.20. The molecule has 0 spiro atoms. The molecule has 1 nitrogen and oxygen atoms in total. The normalized spacial score (nSPS) is 26.4. The number of Topliss-reactive ketones (excluding diaryl/α,β-unsaturated/α-hetero) is 1. The van der Waals surface area contributed by atoms with Crippen molar-refractivity contribution in [1.29, 1.82) is 0 Å². The number of halogens is 1. The number of hydrogen-bond acceptors (Lipinski definition) is 1. The van der Waals surface area contributed by atoms with E-state index in [9.17, 15) is 4.79 Å². The third-order valence-corrected chi connectivity index (χ3v) is 3.22. The van der Waals surface area contributed by atoms with Crippen LogP contribution in [0.5, 0.6) is 0 Å². The Labute approximate surface area is 88.4 Å². The van der Waals surface area contributed by atoms with Gasteiger partial charge in [-0.2, -0.15) is 0 Å². The number of alkyl halides is 1. The summed E-state index contributed by atoms with van der Waals surface area (Å²) in [6, 6.07) is 0. The molecule has 0 saturated heterocycles. The van der Waals surface area contributed by atoms with E-state index in [1.807, 2.05) is 0 Å². The number of hydrogen-bond donors (Lipinski definition) is 0. The number of carbonyl (C=O) groups is 1. The maximum absolute atomic E-state index is 11.3. The van der Waals surface area contributed by atoms with Gasteiger partial charge in [-0.05, 0) is 29.6 Å². The summed E-state index contributed by atoms with van der Waals surface area (Å²) in [5.41, 5.74) is 0. The maximum atomic E-state index is 11.3. The molecule has 1 rings (SSSR count). The quantitative estimate of drug-likeness (QED) is 0.560. The summed E-state index contributed by atoms with van der Waals surface area (Å²) in [6.07, 6.45) is 7.98. The molecule has 0 bridgehead atoms. The van der Waals surface area contributed by atoms with Gasteiger partial charge in [0, 0.05) is 12.8 Å². The lowest BCUT2D eigenvalue weighted by Crippen LogP contribution is -2.11. The van der Waals surface area contributed by atoms with Crippen molar-refractivity contribution in [3.63, 3.8) is 0 Å². The lowest BCUT2D eigenvalue weighted by atomic mass is 9.89. The summed E-state index contributed by atoms with van der Waals surface area (Å²) in [6.45, 7) is 0. The molecule has 0 N–H and O–H groups in total. The van der Waals surface area contributed by atoms with Crippen molar-refractivity contribution < 1.29 is 4.79 Å². The third-order valence-electron chi connectivity index (χ3n) is 2.60. The van der Waals surface area contributed by atoms with Gasteiger partial charge in [-0.25, -0.2) is 0 Å². The first kappa shape index (κ1) is 10.5. The van der Waals surface area contributed by atoms with Crippen LogP contribution in [0.4, 0.5) is 0 Å². The molecule has 2 heteroatoms. The summed E-state index contributed by atoms with van der Waals surface area (Å²) in [7, 11) is 0. The summed E-state index contributed by atoms with van der Waals surface area (Å²) in [4.78, 5) is 11.3. The average molecular weight is 280 g/mol. The van der Waals surface area contributed by atoms with Crippen LogP contribution < -0.4 is 0 Å². The van der Waals surface area contributed by atoms with Gasteiger partial charge >= 0.3 is 0 Å². The molecule has 0 heterocycles. The molecule has 0 aliphatic heterocycles. The first-order valence-corrected chi connectivity index (χ1v) is 6.43. The monoisotopic (exact) mass is 280 g/mol. The van der Waals surface area contributed by atoms with Crippen LogP contribution in [0.3, 0.4) is 0 Å². The second kappa shape index (κ2) is 5.95. The Balaban J connectivity index is 2.33. The predicted molar refractivity (Wildman–Crippen MR) is 59.7 cm³/mol. The summed E-state index contributed by atoms with van der Waals surface area (Å²) >= 11 is 2.41. The molecule has 1 atom stereocenters. The molecule has 1 fully saturated rings. The lowest BCUT2D eigenvalue weighted by Gasteiger charge is -2.17. The van der Waals surface area contributed by atoms with E-state index in [-0.39, 0.29) is 0 Å². The standard InChI is InChI=1S/C10H17IO/c11-7-6-9-4-2-1-3-5-10(12)8-9/h9H,1-8H2. The van der Waals surface area contributed by atoms with E-state index in [2.05, 4.69) is 22.6 Å². The van der Waals surface area contributed by atoms with Crippen LogP contribution in [0.1, 0.15) is 44.9 Å². The van der Waals surface area contributed by atoms with Gasteiger partial charge < -0.3 is 0 Å². The van der Waals surface area contributed by atoms with Gasteiger partial charge in [-0.3, -0.25) is 4.79 Å². The van der Waals surface area contributed by atoms with Crippen molar-refractivity contribution in [2.75, 3.05) is 4.43 Å². The lowest BCUT2D eigenvalue weighted by molar-refractivity contribution is -0.120. The Morgan fingerprint density at radius 3 is 2.92 bits per heavy atom. The minimum atomic E-state index is 0.504. The van der Waals surface area contributed by atoms with Crippen LogP contribution in [0.25, 0.3) is 0 Å². The van der Waals surface area contributed by atoms with Crippen LogP contribution in [-0.2, 0) is 4.79 Å². The number of rotatable bonds is 2. The Hall–Kier alpha value is 0.400. The van der Waals surface area contributed by atoms with Gasteiger partial charge in [0.25, 0.3) is 0 Å². The first-order valence-electron chi connectivity index (χ1n) is 4.90. The van der Waals surface area contributed by atoms with E-state index < -0.39 is 0 Å². The largest absolute Gasteiger partial charge is 0.300 e. The van der Waals surface area contributed by atoms with Crippen molar-refractivity contribution in [3.05, 3.63) is 0 Å². The molecule has 0 amide bonds. The highest BCUT2D eigenvalue weighted by Gasteiger charge is 2.15. The Morgan fingerprint density at radius 1 is 1.33 bits per heavy atom. The molecule has 0 aromatic heterocycles. The fraction of sp³-hybridized carbons (Fsp3) is 0.900. The Kier molecular flexibility index (Phi) is 5.19. The van der Waals surface area contributed by atoms with Crippen molar-refractivity contribution >= 4 is 28.4 Å². The second-order valence-corrected chi connectivity index (χ2v) is 4.76. The molecule has 1 saturated carbocycles. The van der Waals surface area contributed by atoms with Crippen molar-refractivity contribution in [2.24, 2.45) is 5.92 Å². The topological polar surface area (TPSA) is 17.1 Å². The molecule has 70 valence electrons. The van der Waals surface area contributed by atoms with Crippen LogP contribution in [-0.4, -0.2) is 10.2 Å². The van der Waals surface area contributed by atoms with Crippen molar-refractivity contribution in [1.82, 2.24) is 0 Å². The summed E-state index contributed by atoms with van der Waals surface area (Å²) in [5.74, 6) is 1.21. The summed E-state index contributed by atoms with van der Waals surface area (Å²) in [5, 5.41) is 0. The van der Waals surface area contributed by atoms with Gasteiger partial charge in [-0.1, -0.05) is 35.4 Å². The van der Waals surface area contributed by atoms with Crippen LogP contribution in [0, 0.1) is 5.92 Å². The van der Waals surface area contributed by atoms with E-state index in [4.69, 9.17) is 0 Å². The fourth-order valence-electron chi connectivity index (χ4n) is 1.86. The van der Waals surface area contributed by atoms with E-state index in [1.54, 1.807) is 0 Å². The zero-order chi connectivity index (χ0) is 8.81. The molecule has 0 aromatic rings. The highest BCUT2D eigenvalue weighted by atomic mass is 127. The third kappa shape index (κ3) is 3.87. The van der Waals surface area contributed by atoms with Gasteiger partial charge in [0.1, 0.15) is 5.78 Å². The minimum absolute atomic E-state index is 0.504. The molecule has 0 aromatic carbocycles. The minimum Gasteiger partial charge on any atom is -0.300 e. The van der Waals surface area contributed by atoms with Crippen LogP contribution in [0.15, 0.2) is 0 Å². The molecule has 1 aliphatic carbocycles. The molecule has 1 unspecified atom stereocenters. The number of carbonyl (C=O) groups excluding carboxylic acids is 1. The van der Waals surface area contributed by atoms with E-state index >= 15 is 0 Å². The molecule has 12 heavy (non-hydrogen) atoms. The predicted octanol–water partition coefficient (Wildman–Crippen LogP) is 3.35. The number of ketones is 1. The van der Waals surface area contributed by atoms with Crippen molar-refractivity contribution in [2.45, 2.75) is 44.9 Å². The van der Waals surface area contributed by atoms with Gasteiger partial charge in [0.15, 0.2) is 0 Å². The smallest absolute Gasteiger partial charge is 0.133 e. The fourth-order valence-corrected chi connectivity index (χ4v) is 2.74. The molecular weight excluding hydrogens is 263 g/mol. The van der Waals surface area contributed by atoms with E-state index in [1.165, 1.54) is 30.1 Å². The van der Waals surface area contributed by atoms with E-state index in [0.29, 0.717) is 11.7 Å². The Bertz CT molecular complexity index is 145. The van der Waals surface area contributed by atoms with Gasteiger partial charge in [-0.15, -0.1) is 0 Å². The SMILES string of the molecule is O=C1CCCCCC(CCI)C1. The average Bonchev–Trinajstić information content (AvgIpc) is 2.00. The second-order valence-electron chi connectivity index (χ2n) is 3.69.